The van der Waals surface area contributed by atoms with Crippen molar-refractivity contribution < 1.29 is 0 Å². The van der Waals surface area contributed by atoms with E-state index in [2.05, 4.69) is 88.4 Å². The second-order valence-corrected chi connectivity index (χ2v) is 8.57. The van der Waals surface area contributed by atoms with Crippen LogP contribution in [0.2, 0.25) is 0 Å². The van der Waals surface area contributed by atoms with E-state index in [1.165, 1.54) is 76.1 Å². The second-order valence-electron chi connectivity index (χ2n) is 8.57. The molecule has 0 atom stereocenters. The summed E-state index contributed by atoms with van der Waals surface area (Å²) in [6.45, 7) is 8.83. The van der Waals surface area contributed by atoms with Gasteiger partial charge in [-0.15, -0.1) is 0 Å². The molecule has 0 saturated heterocycles. The first-order valence-corrected chi connectivity index (χ1v) is 10.0. The van der Waals surface area contributed by atoms with Gasteiger partial charge in [-0.05, 0) is 92.7 Å². The van der Waals surface area contributed by atoms with Crippen LogP contribution < -0.4 is 0 Å². The molecule has 0 aliphatic rings. The molecule has 0 amide bonds. The molecule has 0 aliphatic carbocycles. The summed E-state index contributed by atoms with van der Waals surface area (Å²) in [4.78, 5) is 0. The van der Waals surface area contributed by atoms with E-state index in [0.29, 0.717) is 0 Å². The van der Waals surface area contributed by atoms with Gasteiger partial charge in [0.15, 0.2) is 0 Å². The van der Waals surface area contributed by atoms with Gasteiger partial charge in [0.2, 0.25) is 0 Å². The summed E-state index contributed by atoms with van der Waals surface area (Å²) in [6.07, 6.45) is 0. The van der Waals surface area contributed by atoms with Gasteiger partial charge in [-0.2, -0.15) is 0 Å². The highest BCUT2D eigenvalue weighted by atomic mass is 14.2. The highest BCUT2D eigenvalue weighted by molar-refractivity contribution is 6.40. The Bertz CT molecular complexity index is 1460. The standard InChI is InChI=1S/C28H22/c1-15-5-7-19-21(9-15)25-13-17(3)12-24-20-8-6-16(2)10-22(20)26-14-18(4)11-23(19)28(26)27(24)25/h5-14H,1-4H3. The van der Waals surface area contributed by atoms with Crippen LogP contribution in [0.25, 0.3) is 53.9 Å². The average Bonchev–Trinajstić information content (AvgIpc) is 2.66. The maximum atomic E-state index is 2.38. The third-order valence-electron chi connectivity index (χ3n) is 6.33. The Labute approximate surface area is 164 Å². The lowest BCUT2D eigenvalue weighted by atomic mass is 9.84. The molecule has 0 N–H and O–H groups in total. The predicted molar refractivity (Wildman–Crippen MR) is 124 cm³/mol. The maximum absolute atomic E-state index is 2.38. The van der Waals surface area contributed by atoms with E-state index in [4.69, 9.17) is 0 Å². The Morgan fingerprint density at radius 3 is 1.04 bits per heavy atom. The summed E-state index contributed by atoms with van der Waals surface area (Å²) in [5, 5.41) is 13.9. The number of hydrogen-bond acceptors (Lipinski definition) is 0. The summed E-state index contributed by atoms with van der Waals surface area (Å²) in [6, 6.07) is 23.4. The first-order valence-electron chi connectivity index (χ1n) is 10.0. The summed E-state index contributed by atoms with van der Waals surface area (Å²) in [5.74, 6) is 0. The van der Waals surface area contributed by atoms with E-state index in [9.17, 15) is 0 Å². The van der Waals surface area contributed by atoms with Crippen molar-refractivity contribution in [3.63, 3.8) is 0 Å². The molecule has 0 fully saturated rings. The van der Waals surface area contributed by atoms with Gasteiger partial charge in [0.1, 0.15) is 0 Å². The minimum atomic E-state index is 1.32. The number of fused-ring (bicyclic) bond motifs is 6. The van der Waals surface area contributed by atoms with Crippen LogP contribution in [0, 0.1) is 27.7 Å². The summed E-state index contributed by atoms with van der Waals surface area (Å²) in [7, 11) is 0. The number of rotatable bonds is 0. The summed E-state index contributed by atoms with van der Waals surface area (Å²) in [5.41, 5.74) is 5.29. The van der Waals surface area contributed by atoms with Gasteiger partial charge in [-0.25, -0.2) is 0 Å². The molecule has 0 heterocycles. The van der Waals surface area contributed by atoms with Crippen molar-refractivity contribution in [2.45, 2.75) is 27.7 Å². The van der Waals surface area contributed by atoms with Crippen molar-refractivity contribution in [2.24, 2.45) is 0 Å². The topological polar surface area (TPSA) is 0 Å². The number of benzene rings is 6. The number of hydrogen-bond donors (Lipinski definition) is 0. The first-order chi connectivity index (χ1) is 13.5. The zero-order valence-electron chi connectivity index (χ0n) is 16.8. The number of aryl methyl sites for hydroxylation is 4. The lowest BCUT2D eigenvalue weighted by molar-refractivity contribution is 1.49. The van der Waals surface area contributed by atoms with E-state index in [0.717, 1.165) is 0 Å². The van der Waals surface area contributed by atoms with Crippen molar-refractivity contribution in [1.29, 1.82) is 0 Å². The summed E-state index contributed by atoms with van der Waals surface area (Å²) >= 11 is 0. The molecule has 0 aliphatic heterocycles. The van der Waals surface area contributed by atoms with E-state index < -0.39 is 0 Å². The lowest BCUT2D eigenvalue weighted by Crippen LogP contribution is -1.92. The zero-order valence-corrected chi connectivity index (χ0v) is 16.8. The van der Waals surface area contributed by atoms with E-state index in [1.807, 2.05) is 0 Å². The van der Waals surface area contributed by atoms with E-state index in [1.54, 1.807) is 0 Å². The van der Waals surface area contributed by atoms with Crippen molar-refractivity contribution in [3.05, 3.63) is 82.9 Å². The van der Waals surface area contributed by atoms with Crippen LogP contribution in [0.1, 0.15) is 22.3 Å². The molecule has 0 bridgehead atoms. The minimum Gasteiger partial charge on any atom is -0.0587 e. The van der Waals surface area contributed by atoms with Gasteiger partial charge in [0, 0.05) is 0 Å². The molecule has 28 heavy (non-hydrogen) atoms. The molecule has 0 saturated carbocycles. The van der Waals surface area contributed by atoms with E-state index in [-0.39, 0.29) is 0 Å². The van der Waals surface area contributed by atoms with Crippen LogP contribution in [-0.4, -0.2) is 0 Å². The Morgan fingerprint density at radius 1 is 0.321 bits per heavy atom. The molecule has 134 valence electrons. The van der Waals surface area contributed by atoms with Crippen LogP contribution in [0.15, 0.2) is 60.7 Å². The molecule has 0 unspecified atom stereocenters. The first kappa shape index (κ1) is 15.9. The zero-order chi connectivity index (χ0) is 19.2. The quantitative estimate of drug-likeness (QED) is 0.190. The monoisotopic (exact) mass is 358 g/mol. The smallest absolute Gasteiger partial charge is 0.00137 e. The maximum Gasteiger partial charge on any atom is -0.00137 e. The van der Waals surface area contributed by atoms with Crippen LogP contribution >= 0.6 is 0 Å². The molecular weight excluding hydrogens is 336 g/mol. The molecule has 0 spiro atoms. The second kappa shape index (κ2) is 5.23. The fraction of sp³-hybridized carbons (Fsp3) is 0.143. The predicted octanol–water partition coefficient (Wildman–Crippen LogP) is 8.12. The minimum absolute atomic E-state index is 1.32. The molecule has 0 aromatic heterocycles. The fourth-order valence-corrected chi connectivity index (χ4v) is 5.19. The van der Waals surface area contributed by atoms with Crippen molar-refractivity contribution >= 4 is 53.9 Å². The Hall–Kier alpha value is -3.12. The average molecular weight is 358 g/mol. The van der Waals surface area contributed by atoms with Crippen LogP contribution in [0.5, 0.6) is 0 Å². The molecule has 6 aromatic carbocycles. The van der Waals surface area contributed by atoms with Gasteiger partial charge < -0.3 is 0 Å². The van der Waals surface area contributed by atoms with Gasteiger partial charge >= 0.3 is 0 Å². The SMILES string of the molecule is Cc1ccc2c(c1)c1cc(C)cc3c4ccc(C)cc4c4cc(C)cc2c4c31. The highest BCUT2D eigenvalue weighted by Crippen LogP contribution is 2.45. The molecule has 0 radical (unpaired) electrons. The van der Waals surface area contributed by atoms with E-state index >= 15 is 0 Å². The van der Waals surface area contributed by atoms with Gasteiger partial charge in [-0.3, -0.25) is 0 Å². The van der Waals surface area contributed by atoms with Crippen molar-refractivity contribution in [2.75, 3.05) is 0 Å². The third-order valence-corrected chi connectivity index (χ3v) is 6.33. The molecule has 6 aromatic rings. The highest BCUT2D eigenvalue weighted by Gasteiger charge is 2.17. The normalized spacial score (nSPS) is 12.3. The van der Waals surface area contributed by atoms with Gasteiger partial charge in [0.25, 0.3) is 0 Å². The molecule has 6 rings (SSSR count). The Morgan fingerprint density at radius 2 is 0.643 bits per heavy atom. The van der Waals surface area contributed by atoms with Gasteiger partial charge in [0.05, 0.1) is 0 Å². The third kappa shape index (κ3) is 1.95. The van der Waals surface area contributed by atoms with Crippen LogP contribution in [0.4, 0.5) is 0 Å². The van der Waals surface area contributed by atoms with Crippen molar-refractivity contribution in [1.82, 2.24) is 0 Å². The molecular formula is C28H22. The summed E-state index contributed by atoms with van der Waals surface area (Å²) < 4.78 is 0. The van der Waals surface area contributed by atoms with Crippen molar-refractivity contribution in [3.8, 4) is 0 Å². The largest absolute Gasteiger partial charge is 0.0587 e. The molecule has 0 nitrogen and oxygen atoms in total. The fourth-order valence-electron chi connectivity index (χ4n) is 5.19. The van der Waals surface area contributed by atoms with Crippen LogP contribution in [-0.2, 0) is 0 Å². The van der Waals surface area contributed by atoms with Gasteiger partial charge in [-0.1, -0.05) is 71.8 Å². The lowest BCUT2D eigenvalue weighted by Gasteiger charge is -2.19. The van der Waals surface area contributed by atoms with Crippen LogP contribution in [0.3, 0.4) is 0 Å². The Kier molecular flexibility index (Phi) is 2.97. The Balaban J connectivity index is 2.11. The molecule has 0 heteroatoms.